The number of piperazine rings is 1. The molecule has 1 unspecified atom stereocenters. The Hall–Kier alpha value is -2.28. The van der Waals surface area contributed by atoms with Gasteiger partial charge in [0.1, 0.15) is 12.7 Å². The predicted molar refractivity (Wildman–Crippen MR) is 115 cm³/mol. The van der Waals surface area contributed by atoms with E-state index in [1.54, 1.807) is 18.2 Å². The number of rotatable bonds is 8. The smallest absolute Gasteiger partial charge is 0.161 e. The SMILES string of the molecule is COc1cc(C(C)=O)ccc1OCC(O)CN1CCN(c2ccccc2Cl)CC1. The van der Waals surface area contributed by atoms with E-state index < -0.39 is 6.10 Å². The summed E-state index contributed by atoms with van der Waals surface area (Å²) in [5.74, 6) is 0.962. The lowest BCUT2D eigenvalue weighted by Crippen LogP contribution is -2.49. The molecule has 1 aliphatic heterocycles. The highest BCUT2D eigenvalue weighted by Crippen LogP contribution is 2.29. The molecule has 156 valence electrons. The van der Waals surface area contributed by atoms with Crippen LogP contribution in [0.15, 0.2) is 42.5 Å². The van der Waals surface area contributed by atoms with Crippen molar-refractivity contribution in [2.75, 3.05) is 51.3 Å². The van der Waals surface area contributed by atoms with E-state index in [4.69, 9.17) is 21.1 Å². The first-order chi connectivity index (χ1) is 14.0. The van der Waals surface area contributed by atoms with Gasteiger partial charge in [-0.3, -0.25) is 9.69 Å². The molecule has 0 saturated carbocycles. The van der Waals surface area contributed by atoms with Crippen LogP contribution in [0.3, 0.4) is 0 Å². The van der Waals surface area contributed by atoms with Gasteiger partial charge in [0.15, 0.2) is 17.3 Å². The van der Waals surface area contributed by atoms with Gasteiger partial charge in [0, 0.05) is 38.3 Å². The molecule has 7 heteroatoms. The second kappa shape index (κ2) is 9.96. The van der Waals surface area contributed by atoms with E-state index in [-0.39, 0.29) is 12.4 Å². The zero-order valence-corrected chi connectivity index (χ0v) is 17.6. The van der Waals surface area contributed by atoms with Gasteiger partial charge in [-0.1, -0.05) is 23.7 Å². The molecule has 0 bridgehead atoms. The Bertz CT molecular complexity index is 837. The van der Waals surface area contributed by atoms with Crippen LogP contribution >= 0.6 is 11.6 Å². The van der Waals surface area contributed by atoms with Gasteiger partial charge >= 0.3 is 0 Å². The Morgan fingerprint density at radius 1 is 1.14 bits per heavy atom. The Kier molecular flexibility index (Phi) is 7.36. The van der Waals surface area contributed by atoms with E-state index in [9.17, 15) is 9.90 Å². The summed E-state index contributed by atoms with van der Waals surface area (Å²) in [7, 11) is 1.53. The molecule has 0 spiro atoms. The normalized spacial score (nSPS) is 15.8. The van der Waals surface area contributed by atoms with Crippen molar-refractivity contribution in [3.05, 3.63) is 53.1 Å². The predicted octanol–water partition coefficient (Wildman–Crippen LogP) is 3.11. The highest BCUT2D eigenvalue weighted by molar-refractivity contribution is 6.33. The molecule has 2 aromatic carbocycles. The van der Waals surface area contributed by atoms with E-state index >= 15 is 0 Å². The minimum absolute atomic E-state index is 0.0363. The van der Waals surface area contributed by atoms with Crippen LogP contribution in [0.5, 0.6) is 11.5 Å². The maximum absolute atomic E-state index is 11.5. The Morgan fingerprint density at radius 3 is 2.52 bits per heavy atom. The third-order valence-electron chi connectivity index (χ3n) is 5.04. The van der Waals surface area contributed by atoms with Crippen molar-refractivity contribution in [3.8, 4) is 11.5 Å². The van der Waals surface area contributed by atoms with Crippen LogP contribution in [0, 0.1) is 0 Å². The zero-order valence-electron chi connectivity index (χ0n) is 16.8. The molecule has 0 aliphatic carbocycles. The molecule has 1 atom stereocenters. The van der Waals surface area contributed by atoms with Crippen LogP contribution < -0.4 is 14.4 Å². The van der Waals surface area contributed by atoms with Crippen LogP contribution in [-0.2, 0) is 0 Å². The van der Waals surface area contributed by atoms with Crippen molar-refractivity contribution in [3.63, 3.8) is 0 Å². The fraction of sp³-hybridized carbons (Fsp3) is 0.409. The molecule has 0 radical (unpaired) electrons. The number of β-amino-alcohol motifs (C(OH)–C–C–N with tert-alkyl or cyclic N) is 1. The van der Waals surface area contributed by atoms with E-state index in [0.717, 1.165) is 36.9 Å². The number of benzene rings is 2. The summed E-state index contributed by atoms with van der Waals surface area (Å²) in [6, 6.07) is 12.9. The average Bonchev–Trinajstić information content (AvgIpc) is 2.73. The number of aliphatic hydroxyl groups excluding tert-OH is 1. The number of carbonyl (C=O) groups excluding carboxylic acids is 1. The maximum atomic E-state index is 11.5. The molecule has 3 rings (SSSR count). The van der Waals surface area contributed by atoms with Crippen LogP contribution in [0.4, 0.5) is 5.69 Å². The van der Waals surface area contributed by atoms with E-state index in [1.807, 2.05) is 24.3 Å². The number of Topliss-reactive ketones (excluding diaryl/α,β-unsaturated/α-hetero) is 1. The van der Waals surface area contributed by atoms with E-state index in [1.165, 1.54) is 14.0 Å². The molecule has 1 heterocycles. The summed E-state index contributed by atoms with van der Waals surface area (Å²) in [6.45, 7) is 5.60. The molecule has 0 amide bonds. The summed E-state index contributed by atoms with van der Waals surface area (Å²) in [4.78, 5) is 16.0. The molecular weight excluding hydrogens is 392 g/mol. The summed E-state index contributed by atoms with van der Waals surface area (Å²) in [5, 5.41) is 11.2. The number of nitrogens with zero attached hydrogens (tertiary/aromatic N) is 2. The van der Waals surface area contributed by atoms with Gasteiger partial charge in [-0.15, -0.1) is 0 Å². The summed E-state index contributed by atoms with van der Waals surface area (Å²) >= 11 is 6.29. The Morgan fingerprint density at radius 2 is 1.86 bits per heavy atom. The third-order valence-corrected chi connectivity index (χ3v) is 5.36. The van der Waals surface area contributed by atoms with Crippen molar-refractivity contribution >= 4 is 23.1 Å². The number of ether oxygens (including phenoxy) is 2. The summed E-state index contributed by atoms with van der Waals surface area (Å²) in [6.07, 6.45) is -0.626. The molecule has 6 nitrogen and oxygen atoms in total. The molecule has 2 aromatic rings. The van der Waals surface area contributed by atoms with Crippen LogP contribution in [0.25, 0.3) is 0 Å². The summed E-state index contributed by atoms with van der Waals surface area (Å²) in [5.41, 5.74) is 1.62. The topological polar surface area (TPSA) is 62.2 Å². The van der Waals surface area contributed by atoms with Crippen molar-refractivity contribution in [2.45, 2.75) is 13.0 Å². The van der Waals surface area contributed by atoms with Crippen molar-refractivity contribution in [1.82, 2.24) is 4.90 Å². The van der Waals surface area contributed by atoms with E-state index in [2.05, 4.69) is 9.80 Å². The molecule has 1 N–H and O–H groups in total. The second-order valence-corrected chi connectivity index (χ2v) is 7.53. The molecule has 1 saturated heterocycles. The monoisotopic (exact) mass is 418 g/mol. The van der Waals surface area contributed by atoms with Gasteiger partial charge in [-0.25, -0.2) is 0 Å². The Balaban J connectivity index is 1.48. The lowest BCUT2D eigenvalue weighted by atomic mass is 10.1. The number of para-hydroxylation sites is 1. The fourth-order valence-electron chi connectivity index (χ4n) is 3.42. The highest BCUT2D eigenvalue weighted by atomic mass is 35.5. The zero-order chi connectivity index (χ0) is 20.8. The van der Waals surface area contributed by atoms with Crippen molar-refractivity contribution in [1.29, 1.82) is 0 Å². The number of aliphatic hydroxyl groups is 1. The number of hydrogen-bond acceptors (Lipinski definition) is 6. The number of carbonyl (C=O) groups is 1. The average molecular weight is 419 g/mol. The minimum Gasteiger partial charge on any atom is -0.493 e. The van der Waals surface area contributed by atoms with Gasteiger partial charge in [0.25, 0.3) is 0 Å². The van der Waals surface area contributed by atoms with Gasteiger partial charge in [0.05, 0.1) is 17.8 Å². The van der Waals surface area contributed by atoms with E-state index in [0.29, 0.717) is 23.6 Å². The van der Waals surface area contributed by atoms with Crippen LogP contribution in [0.2, 0.25) is 5.02 Å². The van der Waals surface area contributed by atoms with Crippen LogP contribution in [-0.4, -0.2) is 68.3 Å². The number of hydrogen-bond donors (Lipinski definition) is 1. The maximum Gasteiger partial charge on any atom is 0.161 e. The molecule has 0 aromatic heterocycles. The number of halogens is 1. The quantitative estimate of drug-likeness (QED) is 0.664. The third kappa shape index (κ3) is 5.63. The molecule has 29 heavy (non-hydrogen) atoms. The number of anilines is 1. The van der Waals surface area contributed by atoms with Gasteiger partial charge in [-0.05, 0) is 37.3 Å². The summed E-state index contributed by atoms with van der Waals surface area (Å²) < 4.78 is 11.0. The molecule has 1 aliphatic rings. The standard InChI is InChI=1S/C22H27ClN2O4/c1-16(26)17-7-8-21(22(13-17)28-2)29-15-18(27)14-24-9-11-25(12-10-24)20-6-4-3-5-19(20)23/h3-8,13,18,27H,9-12,14-15H2,1-2H3. The fourth-order valence-corrected chi connectivity index (χ4v) is 3.68. The Labute approximate surface area is 176 Å². The van der Waals surface area contributed by atoms with Gasteiger partial charge in [0.2, 0.25) is 0 Å². The molecular formula is C22H27ClN2O4. The first-order valence-electron chi connectivity index (χ1n) is 9.69. The van der Waals surface area contributed by atoms with Crippen molar-refractivity contribution in [2.24, 2.45) is 0 Å². The lowest BCUT2D eigenvalue weighted by Gasteiger charge is -2.37. The van der Waals surface area contributed by atoms with Crippen molar-refractivity contribution < 1.29 is 19.4 Å². The second-order valence-electron chi connectivity index (χ2n) is 7.13. The highest BCUT2D eigenvalue weighted by Gasteiger charge is 2.21. The number of methoxy groups -OCH3 is 1. The first-order valence-corrected chi connectivity index (χ1v) is 10.1. The van der Waals surface area contributed by atoms with Gasteiger partial charge < -0.3 is 19.5 Å². The van der Waals surface area contributed by atoms with Crippen LogP contribution in [0.1, 0.15) is 17.3 Å². The largest absolute Gasteiger partial charge is 0.493 e. The number of ketones is 1. The molecule has 1 fully saturated rings. The minimum atomic E-state index is -0.626. The van der Waals surface area contributed by atoms with Gasteiger partial charge in [-0.2, -0.15) is 0 Å². The lowest BCUT2D eigenvalue weighted by molar-refractivity contribution is 0.0653. The first kappa shape index (κ1) is 21.4.